The van der Waals surface area contributed by atoms with E-state index in [1.165, 1.54) is 18.2 Å². The molecule has 0 saturated carbocycles. The van der Waals surface area contributed by atoms with Crippen molar-refractivity contribution >= 4 is 34.2 Å². The van der Waals surface area contributed by atoms with Crippen LogP contribution in [0, 0.1) is 21.4 Å². The molecule has 0 fully saturated rings. The number of hydrogen-bond donors (Lipinski definition) is 1. The third kappa shape index (κ3) is 4.76. The van der Waals surface area contributed by atoms with Crippen LogP contribution in [0.2, 0.25) is 0 Å². The highest BCUT2D eigenvalue weighted by Gasteiger charge is 2.33. The second-order valence-electron chi connectivity index (χ2n) is 9.63. The fourth-order valence-corrected chi connectivity index (χ4v) is 4.49. The number of pyridine rings is 1. The van der Waals surface area contributed by atoms with Gasteiger partial charge in [-0.15, -0.1) is 0 Å². The predicted octanol–water partition coefficient (Wildman–Crippen LogP) is 5.09. The average Bonchev–Trinajstić information content (AvgIpc) is 2.80. The van der Waals surface area contributed by atoms with Gasteiger partial charge in [0, 0.05) is 17.1 Å². The van der Waals surface area contributed by atoms with Crippen molar-refractivity contribution in [2.24, 2.45) is 11.3 Å². The third-order valence-electron chi connectivity index (χ3n) is 6.40. The molecule has 1 aliphatic rings. The molecule has 2 aromatic carbocycles. The zero-order chi connectivity index (χ0) is 24.5. The largest absolute Gasteiger partial charge is 0.452 e. The Morgan fingerprint density at radius 1 is 1.15 bits per heavy atom. The first kappa shape index (κ1) is 23.4. The van der Waals surface area contributed by atoms with Gasteiger partial charge in [0.2, 0.25) is 0 Å². The van der Waals surface area contributed by atoms with Gasteiger partial charge in [0.15, 0.2) is 6.61 Å². The Morgan fingerprint density at radius 3 is 2.59 bits per heavy atom. The van der Waals surface area contributed by atoms with Crippen LogP contribution >= 0.6 is 0 Å². The van der Waals surface area contributed by atoms with Crippen LogP contribution in [0.25, 0.3) is 10.9 Å². The molecule has 1 amide bonds. The minimum atomic E-state index is -0.651. The van der Waals surface area contributed by atoms with Crippen LogP contribution in [0.3, 0.4) is 0 Å². The minimum Gasteiger partial charge on any atom is -0.452 e. The van der Waals surface area contributed by atoms with E-state index in [9.17, 15) is 19.7 Å². The zero-order valence-corrected chi connectivity index (χ0v) is 19.5. The summed E-state index contributed by atoms with van der Waals surface area (Å²) in [5.74, 6) is -0.860. The second kappa shape index (κ2) is 9.21. The summed E-state index contributed by atoms with van der Waals surface area (Å²) < 4.78 is 5.41. The number of aromatic nitrogens is 1. The quantitative estimate of drug-likeness (QED) is 0.322. The highest BCUT2D eigenvalue weighted by atomic mass is 16.6. The van der Waals surface area contributed by atoms with E-state index < -0.39 is 23.4 Å². The van der Waals surface area contributed by atoms with Crippen molar-refractivity contribution in [2.45, 2.75) is 40.0 Å². The molecule has 1 N–H and O–H groups in total. The average molecular weight is 462 g/mol. The number of rotatable bonds is 5. The maximum Gasteiger partial charge on any atom is 0.339 e. The monoisotopic (exact) mass is 461 g/mol. The van der Waals surface area contributed by atoms with Crippen LogP contribution in [-0.4, -0.2) is 28.4 Å². The van der Waals surface area contributed by atoms with E-state index in [1.54, 1.807) is 6.07 Å². The van der Waals surface area contributed by atoms with Gasteiger partial charge in [0.05, 0.1) is 16.0 Å². The Balaban J connectivity index is 1.59. The zero-order valence-electron chi connectivity index (χ0n) is 19.5. The standard InChI is InChI=1S/C26H27N3O5/c1-26(2,3)16-12-13-20-18(14-16)24(17-8-4-5-9-19(17)27-20)25(31)34-15-23(30)28-21-10-6-7-11-22(21)29(32)33/h4-11,16H,12-15H2,1-3H3,(H,28,30). The Kier molecular flexibility index (Phi) is 6.32. The molecule has 0 bridgehead atoms. The van der Waals surface area contributed by atoms with Gasteiger partial charge in [-0.05, 0) is 48.3 Å². The number of nitro groups is 1. The summed E-state index contributed by atoms with van der Waals surface area (Å²) in [6.45, 7) is 6.03. The predicted molar refractivity (Wildman–Crippen MR) is 129 cm³/mol. The van der Waals surface area contributed by atoms with Gasteiger partial charge in [-0.2, -0.15) is 0 Å². The van der Waals surface area contributed by atoms with Crippen molar-refractivity contribution in [3.63, 3.8) is 0 Å². The van der Waals surface area contributed by atoms with Crippen molar-refractivity contribution in [1.82, 2.24) is 4.98 Å². The van der Waals surface area contributed by atoms with Crippen molar-refractivity contribution in [2.75, 3.05) is 11.9 Å². The van der Waals surface area contributed by atoms with Gasteiger partial charge >= 0.3 is 5.97 Å². The number of anilines is 1. The lowest BCUT2D eigenvalue weighted by Gasteiger charge is -2.35. The molecule has 0 aliphatic heterocycles. The lowest BCUT2D eigenvalue weighted by atomic mass is 9.70. The van der Waals surface area contributed by atoms with Gasteiger partial charge in [0.1, 0.15) is 5.69 Å². The van der Waals surface area contributed by atoms with Crippen LogP contribution in [0.4, 0.5) is 11.4 Å². The molecule has 176 valence electrons. The molecule has 3 aromatic rings. The number of para-hydroxylation sites is 3. The molecule has 1 aromatic heterocycles. The summed E-state index contributed by atoms with van der Waals surface area (Å²) in [5, 5.41) is 14.3. The van der Waals surface area contributed by atoms with Gasteiger partial charge < -0.3 is 10.1 Å². The van der Waals surface area contributed by atoms with Gasteiger partial charge in [-0.3, -0.25) is 19.9 Å². The number of aryl methyl sites for hydroxylation is 1. The van der Waals surface area contributed by atoms with E-state index >= 15 is 0 Å². The van der Waals surface area contributed by atoms with E-state index in [0.717, 1.165) is 24.1 Å². The van der Waals surface area contributed by atoms with Crippen LogP contribution in [0.1, 0.15) is 48.8 Å². The van der Waals surface area contributed by atoms with Crippen LogP contribution in [0.15, 0.2) is 48.5 Å². The highest BCUT2D eigenvalue weighted by Crippen LogP contribution is 2.39. The molecule has 0 saturated heterocycles. The number of benzene rings is 2. The van der Waals surface area contributed by atoms with Crippen molar-refractivity contribution in [3.05, 3.63) is 75.5 Å². The summed E-state index contributed by atoms with van der Waals surface area (Å²) in [6.07, 6.45) is 2.48. The van der Waals surface area contributed by atoms with Gasteiger partial charge in [0.25, 0.3) is 11.6 Å². The SMILES string of the molecule is CC(C)(C)C1CCc2nc3ccccc3c(C(=O)OCC(=O)Nc3ccccc3[N+](=O)[O-])c2C1. The lowest BCUT2D eigenvalue weighted by molar-refractivity contribution is -0.383. The molecule has 0 spiro atoms. The Morgan fingerprint density at radius 2 is 1.85 bits per heavy atom. The fourth-order valence-electron chi connectivity index (χ4n) is 4.49. The second-order valence-corrected chi connectivity index (χ2v) is 9.63. The summed E-state index contributed by atoms with van der Waals surface area (Å²) in [5.41, 5.74) is 2.84. The first-order valence-electron chi connectivity index (χ1n) is 11.3. The topological polar surface area (TPSA) is 111 Å². The van der Waals surface area contributed by atoms with E-state index in [0.29, 0.717) is 28.8 Å². The van der Waals surface area contributed by atoms with Crippen LogP contribution in [-0.2, 0) is 22.4 Å². The van der Waals surface area contributed by atoms with E-state index in [-0.39, 0.29) is 16.8 Å². The number of nitro benzene ring substituents is 1. The normalized spacial score (nSPS) is 15.4. The number of nitrogens with zero attached hydrogens (tertiary/aromatic N) is 2. The van der Waals surface area contributed by atoms with Gasteiger partial charge in [-0.25, -0.2) is 4.79 Å². The molecule has 0 radical (unpaired) electrons. The Labute approximate surface area is 197 Å². The van der Waals surface area contributed by atoms with E-state index in [1.807, 2.05) is 24.3 Å². The molecule has 8 nitrogen and oxygen atoms in total. The molecule has 1 heterocycles. The smallest absolute Gasteiger partial charge is 0.339 e. The third-order valence-corrected chi connectivity index (χ3v) is 6.40. The number of nitrogens with one attached hydrogen (secondary N) is 1. The maximum atomic E-state index is 13.3. The summed E-state index contributed by atoms with van der Waals surface area (Å²) in [4.78, 5) is 41.1. The maximum absolute atomic E-state index is 13.3. The number of amides is 1. The molecular weight excluding hydrogens is 434 g/mol. The number of carbonyl (C=O) groups is 2. The van der Waals surface area contributed by atoms with Gasteiger partial charge in [-0.1, -0.05) is 51.1 Å². The lowest BCUT2D eigenvalue weighted by Crippen LogP contribution is -2.29. The Bertz CT molecular complexity index is 1280. The van der Waals surface area contributed by atoms with Crippen molar-refractivity contribution < 1.29 is 19.2 Å². The first-order valence-corrected chi connectivity index (χ1v) is 11.3. The Hall–Kier alpha value is -3.81. The number of esters is 1. The number of hydrogen-bond acceptors (Lipinski definition) is 6. The number of carbonyl (C=O) groups excluding carboxylic acids is 2. The fraction of sp³-hybridized carbons (Fsp3) is 0.346. The van der Waals surface area contributed by atoms with E-state index in [4.69, 9.17) is 9.72 Å². The molecule has 1 unspecified atom stereocenters. The van der Waals surface area contributed by atoms with Crippen molar-refractivity contribution in [1.29, 1.82) is 0 Å². The molecule has 34 heavy (non-hydrogen) atoms. The number of fused-ring (bicyclic) bond motifs is 2. The first-order chi connectivity index (χ1) is 16.1. The highest BCUT2D eigenvalue weighted by molar-refractivity contribution is 6.06. The molecule has 4 rings (SSSR count). The summed E-state index contributed by atoms with van der Waals surface area (Å²) in [6, 6.07) is 13.2. The molecule has 1 atom stereocenters. The molecular formula is C26H27N3O5. The van der Waals surface area contributed by atoms with Crippen LogP contribution in [0.5, 0.6) is 0 Å². The minimum absolute atomic E-state index is 0.0494. The molecule has 1 aliphatic carbocycles. The molecule has 8 heteroatoms. The summed E-state index contributed by atoms with van der Waals surface area (Å²) >= 11 is 0. The van der Waals surface area contributed by atoms with Crippen molar-refractivity contribution in [3.8, 4) is 0 Å². The summed E-state index contributed by atoms with van der Waals surface area (Å²) in [7, 11) is 0. The van der Waals surface area contributed by atoms with E-state index in [2.05, 4.69) is 26.1 Å². The number of ether oxygens (including phenoxy) is 1. The van der Waals surface area contributed by atoms with Crippen LogP contribution < -0.4 is 5.32 Å².